The van der Waals surface area contributed by atoms with Gasteiger partial charge in [-0.25, -0.2) is 0 Å². The first-order valence-electron chi connectivity index (χ1n) is 35.5. The molecule has 1 amide bonds. The Kier molecular flexibility index (Phi) is 61.8. The number of unbranched alkanes of at least 4 members (excludes halogenated alkanes) is 47. The van der Waals surface area contributed by atoms with Gasteiger partial charge in [-0.15, -0.1) is 0 Å². The molecule has 3 atom stereocenters. The van der Waals surface area contributed by atoms with Crippen LogP contribution in [0.4, 0.5) is 0 Å². The summed E-state index contributed by atoms with van der Waals surface area (Å²) in [6, 6.07) is -0.885. The van der Waals surface area contributed by atoms with E-state index in [-0.39, 0.29) is 19.1 Å². The minimum atomic E-state index is -4.60. The fraction of sp³-hybridized carbons (Fsp3) is 0.875. The molecule has 0 saturated carbocycles. The van der Waals surface area contributed by atoms with Crippen LogP contribution in [0.25, 0.3) is 0 Å². The van der Waals surface area contributed by atoms with Crippen molar-refractivity contribution in [1.29, 1.82) is 0 Å². The first kappa shape index (κ1) is 79.5. The molecule has 2 N–H and O–H groups in total. The van der Waals surface area contributed by atoms with E-state index in [9.17, 15) is 19.4 Å². The number of likely N-dealkylation sites (N-methyl/N-ethyl adjacent to an activating group) is 1. The minimum absolute atomic E-state index is 0.00100. The second-order valence-electron chi connectivity index (χ2n) is 25.6. The van der Waals surface area contributed by atoms with Crippen molar-refractivity contribution in [3.8, 4) is 0 Å². The first-order valence-corrected chi connectivity index (χ1v) is 37.0. The third kappa shape index (κ3) is 65.9. The molecule has 0 spiro atoms. The normalized spacial score (nSPS) is 13.9. The SMILES string of the molecule is CCCCCCC/C=C\C/C=C\C/C=C\CCCCCCCCCCCCCCCCCCCCCCCCCCCCC(=O)NC(COP(=O)([O-])OCC[N+](C)(C)C)C(O)/C=C/CCCCCCCCCCCCCCCCCC. The molecule has 478 valence electrons. The van der Waals surface area contributed by atoms with Gasteiger partial charge in [0.15, 0.2) is 0 Å². The van der Waals surface area contributed by atoms with Crippen molar-refractivity contribution < 1.29 is 32.9 Å². The van der Waals surface area contributed by atoms with Crippen LogP contribution in [0.3, 0.4) is 0 Å². The number of aliphatic hydroxyl groups is 1. The number of phosphoric acid groups is 1. The van der Waals surface area contributed by atoms with Crippen molar-refractivity contribution in [3.05, 3.63) is 48.6 Å². The van der Waals surface area contributed by atoms with Crippen molar-refractivity contribution in [2.75, 3.05) is 40.9 Å². The number of phosphoric ester groups is 1. The van der Waals surface area contributed by atoms with Crippen molar-refractivity contribution in [2.45, 2.75) is 366 Å². The van der Waals surface area contributed by atoms with Crippen molar-refractivity contribution in [3.63, 3.8) is 0 Å². The van der Waals surface area contributed by atoms with Gasteiger partial charge in [0.25, 0.3) is 7.82 Å². The van der Waals surface area contributed by atoms with E-state index in [0.717, 1.165) is 51.4 Å². The summed E-state index contributed by atoms with van der Waals surface area (Å²) >= 11 is 0. The van der Waals surface area contributed by atoms with Crippen LogP contribution in [0.15, 0.2) is 48.6 Å². The molecular formula is C72H139N2O6P. The van der Waals surface area contributed by atoms with Crippen LogP contribution in [0.2, 0.25) is 0 Å². The summed E-state index contributed by atoms with van der Waals surface area (Å²) in [5.41, 5.74) is 0. The molecule has 9 heteroatoms. The standard InChI is InChI=1S/C72H139N2O6P/c1-6-8-10-12-14-16-18-20-22-24-26-27-28-29-30-31-32-33-34-35-36-37-38-39-40-41-42-43-44-45-46-47-48-50-52-54-56-58-60-62-64-66-72(76)73-70(69-80-81(77,78)79-68-67-74(3,4)5)71(75)65-63-61-59-57-55-53-51-49-25-23-21-19-17-15-13-11-9-7-2/h18,20,24,26,28-29,63,65,70-71,75H,6-17,19,21-23,25,27,30-62,64,66-69H2,1-5H3,(H-,73,76,77,78)/b20-18-,26-24-,29-28-,65-63+. The van der Waals surface area contributed by atoms with E-state index in [2.05, 4.69) is 55.6 Å². The lowest BCUT2D eigenvalue weighted by Gasteiger charge is -2.29. The van der Waals surface area contributed by atoms with Crippen LogP contribution in [-0.4, -0.2) is 68.5 Å². The minimum Gasteiger partial charge on any atom is -0.756 e. The summed E-state index contributed by atoms with van der Waals surface area (Å²) in [5.74, 6) is -0.190. The van der Waals surface area contributed by atoms with Crippen molar-refractivity contribution in [2.24, 2.45) is 0 Å². The van der Waals surface area contributed by atoms with Crippen LogP contribution >= 0.6 is 7.82 Å². The highest BCUT2D eigenvalue weighted by Crippen LogP contribution is 2.38. The number of aliphatic hydroxyl groups excluding tert-OH is 1. The summed E-state index contributed by atoms with van der Waals surface area (Å²) in [6.07, 6.45) is 85.3. The summed E-state index contributed by atoms with van der Waals surface area (Å²) < 4.78 is 23.4. The zero-order chi connectivity index (χ0) is 59.1. The zero-order valence-electron chi connectivity index (χ0n) is 54.8. The molecule has 0 aromatic rings. The van der Waals surface area contributed by atoms with E-state index in [1.807, 2.05) is 27.2 Å². The summed E-state index contributed by atoms with van der Waals surface area (Å²) in [6.45, 7) is 4.68. The average Bonchev–Trinajstić information content (AvgIpc) is 3.43. The third-order valence-electron chi connectivity index (χ3n) is 16.3. The van der Waals surface area contributed by atoms with E-state index in [1.54, 1.807) is 6.08 Å². The lowest BCUT2D eigenvalue weighted by atomic mass is 10.0. The highest BCUT2D eigenvalue weighted by atomic mass is 31.2. The number of quaternary nitrogens is 1. The molecule has 0 aliphatic heterocycles. The van der Waals surface area contributed by atoms with Crippen LogP contribution in [0.5, 0.6) is 0 Å². The number of nitrogens with one attached hydrogen (secondary N) is 1. The fourth-order valence-corrected chi connectivity index (χ4v) is 11.5. The predicted molar refractivity (Wildman–Crippen MR) is 353 cm³/mol. The summed E-state index contributed by atoms with van der Waals surface area (Å²) in [5, 5.41) is 13.9. The highest BCUT2D eigenvalue weighted by molar-refractivity contribution is 7.45. The predicted octanol–water partition coefficient (Wildman–Crippen LogP) is 22.0. The molecule has 81 heavy (non-hydrogen) atoms. The topological polar surface area (TPSA) is 108 Å². The average molecular weight is 1160 g/mol. The summed E-state index contributed by atoms with van der Waals surface area (Å²) in [4.78, 5) is 25.6. The van der Waals surface area contributed by atoms with Crippen LogP contribution in [0, 0.1) is 0 Å². The second kappa shape index (κ2) is 63.0. The maximum absolute atomic E-state index is 13.0. The zero-order valence-corrected chi connectivity index (χ0v) is 55.6. The van der Waals surface area contributed by atoms with Crippen molar-refractivity contribution in [1.82, 2.24) is 5.32 Å². The van der Waals surface area contributed by atoms with E-state index < -0.39 is 20.0 Å². The lowest BCUT2D eigenvalue weighted by molar-refractivity contribution is -0.870. The van der Waals surface area contributed by atoms with E-state index in [1.165, 1.54) is 283 Å². The number of allylic oxidation sites excluding steroid dienone is 7. The number of nitrogens with zero attached hydrogens (tertiary/aromatic N) is 1. The molecule has 0 fully saturated rings. The van der Waals surface area contributed by atoms with Crippen LogP contribution in [-0.2, 0) is 18.4 Å². The van der Waals surface area contributed by atoms with Gasteiger partial charge in [0.2, 0.25) is 5.91 Å². The molecule has 0 saturated heterocycles. The molecule has 0 radical (unpaired) electrons. The number of hydrogen-bond acceptors (Lipinski definition) is 6. The van der Waals surface area contributed by atoms with Gasteiger partial charge in [0.1, 0.15) is 13.2 Å². The third-order valence-corrected chi connectivity index (χ3v) is 17.2. The molecule has 3 unspecified atom stereocenters. The molecule has 0 bridgehead atoms. The Hall–Kier alpha value is -1.54. The van der Waals surface area contributed by atoms with Gasteiger partial charge in [-0.1, -0.05) is 339 Å². The number of carbonyl (C=O) groups excluding carboxylic acids is 1. The number of carbonyl (C=O) groups is 1. The number of amides is 1. The molecule has 0 rings (SSSR count). The van der Waals surface area contributed by atoms with E-state index >= 15 is 0 Å². The van der Waals surface area contributed by atoms with Gasteiger partial charge in [-0.2, -0.15) is 0 Å². The van der Waals surface area contributed by atoms with E-state index in [0.29, 0.717) is 17.4 Å². The van der Waals surface area contributed by atoms with E-state index in [4.69, 9.17) is 9.05 Å². The van der Waals surface area contributed by atoms with Crippen molar-refractivity contribution >= 4 is 13.7 Å². The van der Waals surface area contributed by atoms with Crippen LogP contribution in [0.1, 0.15) is 354 Å². The molecule has 0 aromatic carbocycles. The molecule has 0 aliphatic rings. The highest BCUT2D eigenvalue weighted by Gasteiger charge is 2.23. The number of rotatable bonds is 66. The quantitative estimate of drug-likeness (QED) is 0.0272. The maximum atomic E-state index is 13.0. The lowest BCUT2D eigenvalue weighted by Crippen LogP contribution is -2.45. The Morgan fingerprint density at radius 2 is 0.716 bits per heavy atom. The van der Waals surface area contributed by atoms with Crippen LogP contribution < -0.4 is 10.2 Å². The Bertz CT molecular complexity index is 1460. The van der Waals surface area contributed by atoms with Gasteiger partial charge in [0, 0.05) is 6.42 Å². The van der Waals surface area contributed by atoms with Gasteiger partial charge in [-0.05, 0) is 57.8 Å². The van der Waals surface area contributed by atoms with Gasteiger partial charge < -0.3 is 28.8 Å². The molecule has 0 aromatic heterocycles. The van der Waals surface area contributed by atoms with Gasteiger partial charge in [-0.3, -0.25) is 9.36 Å². The van der Waals surface area contributed by atoms with Gasteiger partial charge >= 0.3 is 0 Å². The molecular weight excluding hydrogens is 1020 g/mol. The smallest absolute Gasteiger partial charge is 0.268 e. The van der Waals surface area contributed by atoms with Gasteiger partial charge in [0.05, 0.1) is 39.9 Å². The second-order valence-corrected chi connectivity index (χ2v) is 27.0. The first-order chi connectivity index (χ1) is 39.5. The maximum Gasteiger partial charge on any atom is 0.268 e. The Labute approximate surface area is 505 Å². The number of hydrogen-bond donors (Lipinski definition) is 2. The Morgan fingerprint density at radius 1 is 0.432 bits per heavy atom. The fourth-order valence-electron chi connectivity index (χ4n) is 10.8. The Morgan fingerprint density at radius 3 is 1.04 bits per heavy atom. The monoisotopic (exact) mass is 1160 g/mol. The summed E-state index contributed by atoms with van der Waals surface area (Å²) in [7, 11) is 1.28. The largest absolute Gasteiger partial charge is 0.756 e. The Balaban J connectivity index is 3.89. The molecule has 0 aliphatic carbocycles. The molecule has 8 nitrogen and oxygen atoms in total. The molecule has 0 heterocycles.